The van der Waals surface area contributed by atoms with Crippen LogP contribution in [0.1, 0.15) is 43.2 Å². The number of aromatic nitrogens is 1. The van der Waals surface area contributed by atoms with E-state index in [-0.39, 0.29) is 0 Å². The van der Waals surface area contributed by atoms with Crippen LogP contribution in [0.3, 0.4) is 0 Å². The van der Waals surface area contributed by atoms with Crippen molar-refractivity contribution in [1.29, 1.82) is 0 Å². The number of nitrogens with one attached hydrogen (secondary N) is 1. The minimum Gasteiger partial charge on any atom is -0.361 e. The number of aryl methyl sites for hydroxylation is 1. The maximum atomic E-state index is 4.54. The number of hydrogen-bond donors (Lipinski definition) is 1. The topological polar surface area (TPSA) is 24.9 Å². The molecular weight excluding hydrogens is 228 g/mol. The van der Waals surface area contributed by atoms with E-state index in [9.17, 15) is 0 Å². The summed E-state index contributed by atoms with van der Waals surface area (Å²) >= 11 is 1.72. The third-order valence-corrected chi connectivity index (χ3v) is 3.47. The molecule has 0 radical (unpaired) electrons. The molecule has 0 aliphatic carbocycles. The summed E-state index contributed by atoms with van der Waals surface area (Å²) in [5, 5.41) is 4.42. The first-order valence-electron chi connectivity index (χ1n) is 6.28. The van der Waals surface area contributed by atoms with E-state index in [0.717, 1.165) is 17.4 Å². The summed E-state index contributed by atoms with van der Waals surface area (Å²) in [6.07, 6.45) is 10.8. The standard InChI is InChI=1S/C14H22N2S/c1-4-6-8-9-11-15-14-16-13(10-7-5-2)12(3)17-14/h5,7,10H,2,4,6,8-9,11H2,1,3H3,(H,15,16)/b10-7-. The second-order valence-corrected chi connectivity index (χ2v) is 5.25. The van der Waals surface area contributed by atoms with Crippen molar-refractivity contribution in [3.05, 3.63) is 29.3 Å². The number of nitrogens with zero attached hydrogens (tertiary/aromatic N) is 1. The highest BCUT2D eigenvalue weighted by atomic mass is 32.1. The molecule has 0 bridgehead atoms. The van der Waals surface area contributed by atoms with Crippen LogP contribution in [0, 0.1) is 6.92 Å². The lowest BCUT2D eigenvalue weighted by molar-refractivity contribution is 0.685. The lowest BCUT2D eigenvalue weighted by Gasteiger charge is -2.01. The van der Waals surface area contributed by atoms with E-state index in [2.05, 4.69) is 30.7 Å². The molecule has 0 atom stereocenters. The number of hydrogen-bond acceptors (Lipinski definition) is 3. The van der Waals surface area contributed by atoms with Gasteiger partial charge in [0.2, 0.25) is 0 Å². The van der Waals surface area contributed by atoms with Crippen LogP contribution >= 0.6 is 11.3 Å². The Morgan fingerprint density at radius 1 is 1.35 bits per heavy atom. The monoisotopic (exact) mass is 250 g/mol. The Morgan fingerprint density at radius 2 is 2.18 bits per heavy atom. The molecule has 94 valence electrons. The molecule has 17 heavy (non-hydrogen) atoms. The molecule has 0 aliphatic heterocycles. The molecule has 0 saturated carbocycles. The van der Waals surface area contributed by atoms with Gasteiger partial charge in [-0.25, -0.2) is 4.98 Å². The third kappa shape index (κ3) is 5.18. The van der Waals surface area contributed by atoms with E-state index in [1.54, 1.807) is 17.4 Å². The molecule has 0 spiro atoms. The predicted octanol–water partition coefficient (Wildman–Crippen LogP) is 4.64. The van der Waals surface area contributed by atoms with Gasteiger partial charge in [-0.2, -0.15) is 0 Å². The first-order chi connectivity index (χ1) is 8.27. The normalized spacial score (nSPS) is 10.9. The summed E-state index contributed by atoms with van der Waals surface area (Å²) in [5.41, 5.74) is 1.05. The van der Waals surface area contributed by atoms with Gasteiger partial charge < -0.3 is 5.32 Å². The molecule has 1 rings (SSSR count). The second-order valence-electron chi connectivity index (χ2n) is 4.04. The third-order valence-electron chi connectivity index (χ3n) is 2.53. The van der Waals surface area contributed by atoms with Gasteiger partial charge in [0, 0.05) is 11.4 Å². The van der Waals surface area contributed by atoms with Gasteiger partial charge in [0.25, 0.3) is 0 Å². The highest BCUT2D eigenvalue weighted by Crippen LogP contribution is 2.23. The number of unbranched alkanes of at least 4 members (excludes halogenated alkanes) is 3. The fraction of sp³-hybridized carbons (Fsp3) is 0.500. The Morgan fingerprint density at radius 3 is 2.88 bits per heavy atom. The SMILES string of the molecule is C=C/C=C\c1nc(NCCCCCC)sc1C. The Hall–Kier alpha value is -1.09. The molecule has 2 nitrogen and oxygen atoms in total. The van der Waals surface area contributed by atoms with Crippen LogP contribution in [0.2, 0.25) is 0 Å². The molecule has 0 fully saturated rings. The number of anilines is 1. The first kappa shape index (κ1) is 14.0. The van der Waals surface area contributed by atoms with Gasteiger partial charge >= 0.3 is 0 Å². The van der Waals surface area contributed by atoms with E-state index in [1.807, 2.05) is 12.2 Å². The minimum absolute atomic E-state index is 1.03. The van der Waals surface area contributed by atoms with Crippen molar-refractivity contribution in [2.24, 2.45) is 0 Å². The van der Waals surface area contributed by atoms with Crippen molar-refractivity contribution in [1.82, 2.24) is 4.98 Å². The molecule has 3 heteroatoms. The Kier molecular flexibility index (Phi) is 6.63. The molecule has 1 heterocycles. The quantitative estimate of drug-likeness (QED) is 0.537. The van der Waals surface area contributed by atoms with Crippen LogP contribution in [0.4, 0.5) is 5.13 Å². The summed E-state index contributed by atoms with van der Waals surface area (Å²) in [6.45, 7) is 9.02. The van der Waals surface area contributed by atoms with Gasteiger partial charge in [0.05, 0.1) is 5.69 Å². The van der Waals surface area contributed by atoms with E-state index in [0.29, 0.717) is 0 Å². The zero-order chi connectivity index (χ0) is 12.5. The Balaban J connectivity index is 2.39. The molecule has 0 aromatic carbocycles. The first-order valence-corrected chi connectivity index (χ1v) is 7.10. The van der Waals surface area contributed by atoms with Gasteiger partial charge in [0.1, 0.15) is 0 Å². The van der Waals surface area contributed by atoms with Gasteiger partial charge in [0.15, 0.2) is 5.13 Å². The molecular formula is C14H22N2S. The van der Waals surface area contributed by atoms with Gasteiger partial charge in [-0.15, -0.1) is 11.3 Å². The van der Waals surface area contributed by atoms with Gasteiger partial charge in [-0.05, 0) is 19.4 Å². The maximum Gasteiger partial charge on any atom is 0.183 e. The fourth-order valence-electron chi connectivity index (χ4n) is 1.54. The maximum absolute atomic E-state index is 4.54. The average Bonchev–Trinajstić information content (AvgIpc) is 2.67. The molecule has 0 amide bonds. The van der Waals surface area contributed by atoms with E-state index in [1.165, 1.54) is 30.6 Å². The van der Waals surface area contributed by atoms with Gasteiger partial charge in [-0.1, -0.05) is 44.9 Å². The molecule has 0 saturated heterocycles. The van der Waals surface area contributed by atoms with Crippen LogP contribution in [-0.2, 0) is 0 Å². The van der Waals surface area contributed by atoms with Gasteiger partial charge in [-0.3, -0.25) is 0 Å². The Bertz CT molecular complexity index is 366. The average molecular weight is 250 g/mol. The van der Waals surface area contributed by atoms with Crippen molar-refractivity contribution in [3.63, 3.8) is 0 Å². The van der Waals surface area contributed by atoms with Crippen LogP contribution in [0.25, 0.3) is 6.08 Å². The highest BCUT2D eigenvalue weighted by Gasteiger charge is 2.03. The minimum atomic E-state index is 1.03. The summed E-state index contributed by atoms with van der Waals surface area (Å²) in [5.74, 6) is 0. The lowest BCUT2D eigenvalue weighted by atomic mass is 10.2. The molecule has 1 N–H and O–H groups in total. The fourth-order valence-corrected chi connectivity index (χ4v) is 2.37. The predicted molar refractivity (Wildman–Crippen MR) is 78.7 cm³/mol. The van der Waals surface area contributed by atoms with Crippen molar-refractivity contribution < 1.29 is 0 Å². The lowest BCUT2D eigenvalue weighted by Crippen LogP contribution is -2.00. The van der Waals surface area contributed by atoms with Crippen LogP contribution in [-0.4, -0.2) is 11.5 Å². The van der Waals surface area contributed by atoms with E-state index >= 15 is 0 Å². The largest absolute Gasteiger partial charge is 0.361 e. The molecule has 0 unspecified atom stereocenters. The summed E-state index contributed by atoms with van der Waals surface area (Å²) in [7, 11) is 0. The summed E-state index contributed by atoms with van der Waals surface area (Å²) < 4.78 is 0. The summed E-state index contributed by atoms with van der Waals surface area (Å²) in [4.78, 5) is 5.79. The number of rotatable bonds is 8. The van der Waals surface area contributed by atoms with Crippen molar-refractivity contribution >= 4 is 22.5 Å². The smallest absolute Gasteiger partial charge is 0.183 e. The zero-order valence-electron chi connectivity index (χ0n) is 10.8. The molecule has 1 aromatic heterocycles. The highest BCUT2D eigenvalue weighted by molar-refractivity contribution is 7.15. The molecule has 1 aromatic rings. The van der Waals surface area contributed by atoms with Crippen molar-refractivity contribution in [3.8, 4) is 0 Å². The molecule has 0 aliphatic rings. The second kappa shape index (κ2) is 8.07. The zero-order valence-corrected chi connectivity index (χ0v) is 11.6. The summed E-state index contributed by atoms with van der Waals surface area (Å²) in [6, 6.07) is 0. The van der Waals surface area contributed by atoms with Crippen LogP contribution in [0.5, 0.6) is 0 Å². The van der Waals surface area contributed by atoms with Crippen molar-refractivity contribution in [2.45, 2.75) is 39.5 Å². The van der Waals surface area contributed by atoms with E-state index < -0.39 is 0 Å². The van der Waals surface area contributed by atoms with Crippen LogP contribution in [0.15, 0.2) is 18.7 Å². The van der Waals surface area contributed by atoms with E-state index in [4.69, 9.17) is 0 Å². The number of allylic oxidation sites excluding steroid dienone is 2. The Labute approximate surface area is 108 Å². The van der Waals surface area contributed by atoms with Crippen LogP contribution < -0.4 is 5.32 Å². The van der Waals surface area contributed by atoms with Crippen molar-refractivity contribution in [2.75, 3.05) is 11.9 Å². The number of thiazole rings is 1.